The topological polar surface area (TPSA) is 258 Å². The van der Waals surface area contributed by atoms with Gasteiger partial charge in [0.1, 0.15) is 27.5 Å². The van der Waals surface area contributed by atoms with Gasteiger partial charge in [-0.2, -0.15) is 0 Å². The molecule has 0 saturated heterocycles. The van der Waals surface area contributed by atoms with Crippen molar-refractivity contribution in [1.29, 1.82) is 0 Å². The predicted molar refractivity (Wildman–Crippen MR) is 282 cm³/mol. The van der Waals surface area contributed by atoms with Crippen LogP contribution < -0.4 is 31.2 Å². The fourth-order valence-electron chi connectivity index (χ4n) is 8.81. The number of aldehydes is 1. The molecule has 9 rings (SSSR count). The summed E-state index contributed by atoms with van der Waals surface area (Å²) >= 11 is 2.32. The van der Waals surface area contributed by atoms with Gasteiger partial charge in [0, 0.05) is 34.3 Å². The van der Waals surface area contributed by atoms with Crippen molar-refractivity contribution in [3.8, 4) is 11.5 Å². The first-order valence-corrected chi connectivity index (χ1v) is 26.0. The molecule has 7 N–H and O–H groups in total. The van der Waals surface area contributed by atoms with E-state index >= 15 is 0 Å². The second kappa shape index (κ2) is 25.1. The van der Waals surface area contributed by atoms with Crippen LogP contribution in [0.5, 0.6) is 11.5 Å². The molecule has 2 unspecified atom stereocenters. The molecule has 3 aliphatic carbocycles. The minimum absolute atomic E-state index is 0.000324. The van der Waals surface area contributed by atoms with Gasteiger partial charge in [-0.1, -0.05) is 76.9 Å². The van der Waals surface area contributed by atoms with E-state index in [1.165, 1.54) is 103 Å². The fraction of sp³-hybridized carbons (Fsp3) is 0.286. The van der Waals surface area contributed by atoms with Gasteiger partial charge in [-0.3, -0.25) is 14.4 Å². The molecule has 3 amide bonds. The van der Waals surface area contributed by atoms with Gasteiger partial charge in [-0.15, -0.1) is 22.7 Å². The molecular formula is C56H58N4O12S2. The zero-order valence-electron chi connectivity index (χ0n) is 41.2. The number of hydrogen-bond acceptors (Lipinski definition) is 13. The summed E-state index contributed by atoms with van der Waals surface area (Å²) in [5.74, 6) is -9.69. The number of rotatable bonds is 15. The molecule has 3 aliphatic rings. The summed E-state index contributed by atoms with van der Waals surface area (Å²) in [5, 5.41) is 34.5. The van der Waals surface area contributed by atoms with E-state index in [4.69, 9.17) is 15.2 Å². The van der Waals surface area contributed by atoms with E-state index in [1.807, 2.05) is 27.7 Å². The molecule has 386 valence electrons. The van der Waals surface area contributed by atoms with Crippen molar-refractivity contribution in [3.63, 3.8) is 0 Å². The highest BCUT2D eigenvalue weighted by molar-refractivity contribution is 7.12. The first-order chi connectivity index (χ1) is 35.7. The van der Waals surface area contributed by atoms with Crippen LogP contribution in [-0.4, -0.2) is 69.2 Å². The number of carbonyl (C=O) groups excluding carboxylic acids is 6. The van der Waals surface area contributed by atoms with E-state index < -0.39 is 58.6 Å². The Morgan fingerprint density at radius 3 is 1.30 bits per heavy atom. The van der Waals surface area contributed by atoms with E-state index in [-0.39, 0.29) is 45.6 Å². The molecule has 6 aromatic rings. The predicted octanol–water partition coefficient (Wildman–Crippen LogP) is 9.99. The van der Waals surface area contributed by atoms with E-state index in [2.05, 4.69) is 16.0 Å². The third-order valence-corrected chi connectivity index (χ3v) is 14.6. The van der Waals surface area contributed by atoms with Gasteiger partial charge in [0.05, 0.1) is 11.8 Å². The lowest BCUT2D eigenvalue weighted by atomic mass is 9.43. The molecule has 3 saturated carbocycles. The molecule has 0 aliphatic heterocycles. The standard InChI is InChI=1S/C47H38N4O11S2.C5H8O.2C2H6/c48-31-16-8-29(9-17-31)40(53)50-46(44(57)58)37(26-12-20-33(21-13-26)61-42(55)35-6-2-24-63-35)47(45(59)60,38(46)27-14-22-34(23-15-27)62-43(56)36-7-3-25-64-36)51-41(54)30-10-18-32(19-11-30)49-39(52)28-4-1-5-28;6-4-5-2-1-3-5;2*1-2/h2-3,6-25,28,37-38H,1,4-5,48H2,(H,49,52)(H,50,53)(H,51,54)(H,57,58)(H,59,60);4-5H,1-3H2;2*1-2H3. The Balaban J connectivity index is 0.000000814. The van der Waals surface area contributed by atoms with Gasteiger partial charge in [0.2, 0.25) is 5.91 Å². The van der Waals surface area contributed by atoms with Crippen molar-refractivity contribution >= 4 is 81.9 Å². The number of nitrogen functional groups attached to an aromatic ring is 1. The number of thiophene rings is 2. The Morgan fingerprint density at radius 2 is 0.986 bits per heavy atom. The lowest BCUT2D eigenvalue weighted by Crippen LogP contribution is -2.86. The Labute approximate surface area is 436 Å². The summed E-state index contributed by atoms with van der Waals surface area (Å²) in [5.41, 5.74) is 1.60. The van der Waals surface area contributed by atoms with Crippen molar-refractivity contribution in [2.24, 2.45) is 11.8 Å². The van der Waals surface area contributed by atoms with E-state index in [9.17, 15) is 48.6 Å². The van der Waals surface area contributed by atoms with Crippen LogP contribution in [0, 0.1) is 11.8 Å². The molecular weight excluding hydrogens is 985 g/mol. The summed E-state index contributed by atoms with van der Waals surface area (Å²) in [6.45, 7) is 8.00. The lowest BCUT2D eigenvalue weighted by Gasteiger charge is -2.64. The number of ether oxygens (including phenoxy) is 2. The zero-order valence-corrected chi connectivity index (χ0v) is 42.8. The van der Waals surface area contributed by atoms with Crippen molar-refractivity contribution in [2.45, 2.75) is 89.1 Å². The highest BCUT2D eigenvalue weighted by atomic mass is 32.1. The largest absolute Gasteiger partial charge is 0.479 e. The first-order valence-electron chi connectivity index (χ1n) is 24.3. The Kier molecular flexibility index (Phi) is 18.8. The number of nitrogens with one attached hydrogen (secondary N) is 3. The summed E-state index contributed by atoms with van der Waals surface area (Å²) < 4.78 is 11.1. The number of carbonyl (C=O) groups is 8. The number of carboxylic acid groups (broad SMARTS) is 2. The van der Waals surface area contributed by atoms with Gasteiger partial charge in [0.25, 0.3) is 11.8 Å². The molecule has 16 nitrogen and oxygen atoms in total. The monoisotopic (exact) mass is 1040 g/mol. The number of benzene rings is 4. The highest BCUT2D eigenvalue weighted by Crippen LogP contribution is 2.63. The van der Waals surface area contributed by atoms with Crippen molar-refractivity contribution in [3.05, 3.63) is 164 Å². The van der Waals surface area contributed by atoms with Crippen molar-refractivity contribution in [1.82, 2.24) is 10.6 Å². The highest BCUT2D eigenvalue weighted by Gasteiger charge is 2.80. The van der Waals surface area contributed by atoms with Gasteiger partial charge in [-0.25, -0.2) is 19.2 Å². The maximum Gasteiger partial charge on any atom is 0.353 e. The van der Waals surface area contributed by atoms with E-state index in [1.54, 1.807) is 35.0 Å². The smallest absolute Gasteiger partial charge is 0.353 e. The molecule has 3 fully saturated rings. The van der Waals surface area contributed by atoms with Gasteiger partial charge < -0.3 is 46.2 Å². The Morgan fingerprint density at radius 1 is 0.581 bits per heavy atom. The molecule has 0 radical (unpaired) electrons. The summed E-state index contributed by atoms with van der Waals surface area (Å²) in [4.78, 5) is 106. The van der Waals surface area contributed by atoms with Gasteiger partial charge in [0.15, 0.2) is 11.1 Å². The van der Waals surface area contributed by atoms with Crippen molar-refractivity contribution in [2.75, 3.05) is 11.1 Å². The Hall–Kier alpha value is -7.96. The maximum absolute atomic E-state index is 14.4. The first kappa shape index (κ1) is 55.4. The zero-order chi connectivity index (χ0) is 53.6. The number of carboxylic acids is 2. The van der Waals surface area contributed by atoms with E-state index in [0.29, 0.717) is 27.0 Å². The summed E-state index contributed by atoms with van der Waals surface area (Å²) in [6.07, 6.45) is 7.12. The lowest BCUT2D eigenvalue weighted by molar-refractivity contribution is -0.171. The number of nitrogens with two attached hydrogens (primary N) is 1. The second-order valence-electron chi connectivity index (χ2n) is 17.1. The molecule has 18 heteroatoms. The molecule has 0 spiro atoms. The van der Waals surface area contributed by atoms with Crippen LogP contribution in [0.15, 0.2) is 132 Å². The molecule has 74 heavy (non-hydrogen) atoms. The minimum Gasteiger partial charge on any atom is -0.479 e. The number of aliphatic carboxylic acids is 2. The third-order valence-electron chi connectivity index (χ3n) is 12.9. The molecule has 0 bridgehead atoms. The van der Waals surface area contributed by atoms with Crippen LogP contribution in [0.4, 0.5) is 11.4 Å². The van der Waals surface area contributed by atoms with Crippen LogP contribution in [0.3, 0.4) is 0 Å². The fourth-order valence-corrected chi connectivity index (χ4v) is 10.0. The molecule has 2 aromatic heterocycles. The second-order valence-corrected chi connectivity index (χ2v) is 19.0. The number of esters is 2. The number of amides is 3. The normalized spacial score (nSPS) is 19.4. The molecule has 4 aromatic carbocycles. The quantitative estimate of drug-likeness (QED) is 0.0242. The number of hydrogen-bond donors (Lipinski definition) is 6. The molecule has 2 atom stereocenters. The number of anilines is 2. The maximum atomic E-state index is 14.4. The average Bonchev–Trinajstić information content (AvgIpc) is 4.12. The summed E-state index contributed by atoms with van der Waals surface area (Å²) in [7, 11) is 0. The summed E-state index contributed by atoms with van der Waals surface area (Å²) in [6, 6.07) is 28.8. The van der Waals surface area contributed by atoms with Crippen LogP contribution >= 0.6 is 22.7 Å². The van der Waals surface area contributed by atoms with Crippen molar-refractivity contribution < 1.29 is 58.0 Å². The van der Waals surface area contributed by atoms with Crippen LogP contribution in [0.25, 0.3) is 0 Å². The Bertz CT molecular complexity index is 2800. The van der Waals surface area contributed by atoms with Gasteiger partial charge in [-0.05, 0) is 132 Å². The van der Waals surface area contributed by atoms with Crippen LogP contribution in [0.1, 0.15) is 129 Å². The average molecular weight is 1040 g/mol. The third kappa shape index (κ3) is 11.9. The van der Waals surface area contributed by atoms with Gasteiger partial charge >= 0.3 is 23.9 Å². The van der Waals surface area contributed by atoms with Crippen LogP contribution in [0.2, 0.25) is 0 Å². The van der Waals surface area contributed by atoms with E-state index in [0.717, 1.165) is 61.1 Å². The van der Waals surface area contributed by atoms with Crippen LogP contribution in [-0.2, 0) is 19.2 Å². The SMILES string of the molecule is CC.CC.Nc1ccc(C(=O)NC2(C(=O)O)C(c3ccc(OC(=O)c4cccs4)cc3)C(NC(=O)c3ccc(NC(=O)C4CCC4)cc3)(C(=O)O)C2c2ccc(OC(=O)c3cccs3)cc2)cc1.O=CC1CCC1. The molecule has 2 heterocycles. The minimum atomic E-state index is -2.54.